The van der Waals surface area contributed by atoms with E-state index in [0.29, 0.717) is 37.2 Å². The first kappa shape index (κ1) is 24.2. The second-order valence-corrected chi connectivity index (χ2v) is 9.99. The van der Waals surface area contributed by atoms with Gasteiger partial charge < -0.3 is 19.6 Å². The molecule has 1 atom stereocenters. The third-order valence-electron chi connectivity index (χ3n) is 6.06. The molecule has 1 aromatic heterocycles. The van der Waals surface area contributed by atoms with Crippen molar-refractivity contribution in [3.05, 3.63) is 17.8 Å². The van der Waals surface area contributed by atoms with Crippen molar-refractivity contribution in [2.75, 3.05) is 45.9 Å². The number of β-amino-alcohol motifs (C(OH)–C–C–N with tert-alkyl or cyclic N) is 1. The molecule has 1 amide bonds. The minimum atomic E-state index is -0.479. The summed E-state index contributed by atoms with van der Waals surface area (Å²) in [5, 5.41) is 13.2. The zero-order valence-corrected chi connectivity index (χ0v) is 19.4. The quantitative estimate of drug-likeness (QED) is 0.614. The third-order valence-corrected chi connectivity index (χ3v) is 6.06. The Hall–Kier alpha value is -1.48. The van der Waals surface area contributed by atoms with Crippen molar-refractivity contribution in [1.82, 2.24) is 20.1 Å². The third kappa shape index (κ3) is 8.52. The molecule has 1 saturated heterocycles. The highest BCUT2D eigenvalue weighted by molar-refractivity contribution is 5.91. The number of aliphatic hydroxyl groups is 1. The van der Waals surface area contributed by atoms with E-state index in [1.54, 1.807) is 0 Å². The Labute approximate surface area is 186 Å². The fraction of sp³-hybridized carbons (Fsp3) is 0.826. The number of aliphatic hydroxyl groups excluding tert-OH is 1. The van der Waals surface area contributed by atoms with Gasteiger partial charge in [0.15, 0.2) is 5.69 Å². The van der Waals surface area contributed by atoms with E-state index in [4.69, 9.17) is 9.15 Å². The first-order valence-electron chi connectivity index (χ1n) is 11.8. The zero-order valence-electron chi connectivity index (χ0n) is 19.4. The molecular weight excluding hydrogens is 396 g/mol. The average Bonchev–Trinajstić information content (AvgIpc) is 3.21. The van der Waals surface area contributed by atoms with Gasteiger partial charge in [0.2, 0.25) is 5.89 Å². The van der Waals surface area contributed by atoms with E-state index < -0.39 is 6.10 Å². The summed E-state index contributed by atoms with van der Waals surface area (Å²) < 4.78 is 11.2. The maximum atomic E-state index is 12.4. The number of ether oxygens (including phenoxy) is 1. The first-order valence-corrected chi connectivity index (χ1v) is 11.8. The molecule has 2 N–H and O–H groups in total. The number of rotatable bonds is 9. The standard InChI is InChI=1S/C23H40N4O4/c1-23(2,3)31-16-19(28)14-26-9-11-27(12-10-26)15-21-25-20(17-30-21)22(29)24-13-18-7-5-4-6-8-18/h17-19,28H,4-16H2,1-3H3,(H,24,29)/t19-/m1/s1. The summed E-state index contributed by atoms with van der Waals surface area (Å²) in [6, 6.07) is 0. The monoisotopic (exact) mass is 436 g/mol. The number of nitrogens with zero attached hydrogens (tertiary/aromatic N) is 3. The lowest BCUT2D eigenvalue weighted by Gasteiger charge is -2.35. The molecular formula is C23H40N4O4. The van der Waals surface area contributed by atoms with Gasteiger partial charge >= 0.3 is 0 Å². The predicted octanol–water partition coefficient (Wildman–Crippen LogP) is 2.28. The van der Waals surface area contributed by atoms with Gasteiger partial charge in [0.1, 0.15) is 6.26 Å². The van der Waals surface area contributed by atoms with Crippen LogP contribution in [0.25, 0.3) is 0 Å². The topological polar surface area (TPSA) is 91.1 Å². The minimum absolute atomic E-state index is 0.142. The van der Waals surface area contributed by atoms with Crippen molar-refractivity contribution < 1.29 is 19.1 Å². The molecule has 8 heteroatoms. The van der Waals surface area contributed by atoms with Crippen molar-refractivity contribution in [2.24, 2.45) is 5.92 Å². The first-order chi connectivity index (χ1) is 14.8. The summed E-state index contributed by atoms with van der Waals surface area (Å²) >= 11 is 0. The highest BCUT2D eigenvalue weighted by Gasteiger charge is 2.23. The van der Waals surface area contributed by atoms with Gasteiger partial charge in [-0.05, 0) is 39.5 Å². The van der Waals surface area contributed by atoms with Crippen LogP contribution in [0.5, 0.6) is 0 Å². The van der Waals surface area contributed by atoms with E-state index >= 15 is 0 Å². The van der Waals surface area contributed by atoms with Crippen LogP contribution >= 0.6 is 0 Å². The normalized spacial score (nSPS) is 20.6. The second-order valence-electron chi connectivity index (χ2n) is 9.99. The number of amides is 1. The highest BCUT2D eigenvalue weighted by Crippen LogP contribution is 2.22. The Morgan fingerprint density at radius 3 is 2.58 bits per heavy atom. The van der Waals surface area contributed by atoms with E-state index in [2.05, 4.69) is 20.1 Å². The van der Waals surface area contributed by atoms with Gasteiger partial charge in [0.25, 0.3) is 5.91 Å². The summed E-state index contributed by atoms with van der Waals surface area (Å²) in [6.07, 6.45) is 7.25. The van der Waals surface area contributed by atoms with Gasteiger partial charge in [-0.3, -0.25) is 14.6 Å². The van der Waals surface area contributed by atoms with E-state index in [9.17, 15) is 9.90 Å². The number of hydrogen-bond acceptors (Lipinski definition) is 7. The van der Waals surface area contributed by atoms with Gasteiger partial charge in [0, 0.05) is 39.3 Å². The lowest BCUT2D eigenvalue weighted by atomic mass is 9.89. The van der Waals surface area contributed by atoms with E-state index in [1.807, 2.05) is 20.8 Å². The van der Waals surface area contributed by atoms with Crippen molar-refractivity contribution in [3.8, 4) is 0 Å². The summed E-state index contributed by atoms with van der Waals surface area (Å²) in [5.41, 5.74) is 0.132. The van der Waals surface area contributed by atoms with Crippen LogP contribution in [0.15, 0.2) is 10.7 Å². The summed E-state index contributed by atoms with van der Waals surface area (Å²) in [4.78, 5) is 21.3. The molecule has 31 heavy (non-hydrogen) atoms. The summed E-state index contributed by atoms with van der Waals surface area (Å²) in [5.74, 6) is 1.03. The molecule has 0 spiro atoms. The number of carbonyl (C=O) groups is 1. The maximum Gasteiger partial charge on any atom is 0.273 e. The lowest BCUT2D eigenvalue weighted by molar-refractivity contribution is -0.0588. The molecule has 0 radical (unpaired) electrons. The average molecular weight is 437 g/mol. The molecule has 1 aliphatic heterocycles. The Bertz CT molecular complexity index is 673. The molecule has 1 aliphatic carbocycles. The molecule has 2 fully saturated rings. The fourth-order valence-electron chi connectivity index (χ4n) is 4.22. The van der Waals surface area contributed by atoms with Crippen LogP contribution in [0.3, 0.4) is 0 Å². The van der Waals surface area contributed by atoms with Crippen LogP contribution in [0.4, 0.5) is 0 Å². The SMILES string of the molecule is CC(C)(C)OC[C@H](O)CN1CCN(Cc2nc(C(=O)NCC3CCCCC3)co2)CC1. The molecule has 0 aromatic carbocycles. The fourth-order valence-corrected chi connectivity index (χ4v) is 4.22. The Kier molecular flexibility index (Phi) is 8.89. The lowest BCUT2D eigenvalue weighted by Crippen LogP contribution is -2.49. The van der Waals surface area contributed by atoms with Crippen LogP contribution in [0, 0.1) is 5.92 Å². The number of oxazole rings is 1. The minimum Gasteiger partial charge on any atom is -0.447 e. The Balaban J connectivity index is 1.35. The van der Waals surface area contributed by atoms with Crippen LogP contribution in [0.1, 0.15) is 69.3 Å². The van der Waals surface area contributed by atoms with Crippen molar-refractivity contribution >= 4 is 5.91 Å². The van der Waals surface area contributed by atoms with Gasteiger partial charge in [0.05, 0.1) is 24.9 Å². The number of piperazine rings is 1. The highest BCUT2D eigenvalue weighted by atomic mass is 16.5. The van der Waals surface area contributed by atoms with E-state index in [0.717, 1.165) is 32.7 Å². The molecule has 8 nitrogen and oxygen atoms in total. The van der Waals surface area contributed by atoms with Crippen LogP contribution in [-0.4, -0.2) is 83.4 Å². The van der Waals surface area contributed by atoms with Crippen molar-refractivity contribution in [2.45, 2.75) is 71.1 Å². The number of nitrogens with one attached hydrogen (secondary N) is 1. The summed E-state index contributed by atoms with van der Waals surface area (Å²) in [6.45, 7) is 11.8. The van der Waals surface area contributed by atoms with Gasteiger partial charge in [-0.2, -0.15) is 0 Å². The molecule has 0 bridgehead atoms. The molecule has 1 saturated carbocycles. The zero-order chi connectivity index (χ0) is 22.3. The van der Waals surface area contributed by atoms with Crippen LogP contribution < -0.4 is 5.32 Å². The Morgan fingerprint density at radius 1 is 1.23 bits per heavy atom. The Morgan fingerprint density at radius 2 is 1.90 bits per heavy atom. The molecule has 1 aromatic rings. The van der Waals surface area contributed by atoms with Crippen LogP contribution in [-0.2, 0) is 11.3 Å². The number of carbonyl (C=O) groups excluding carboxylic acids is 1. The largest absolute Gasteiger partial charge is 0.447 e. The molecule has 176 valence electrons. The van der Waals surface area contributed by atoms with Gasteiger partial charge in [-0.15, -0.1) is 0 Å². The number of aromatic nitrogens is 1. The van der Waals surface area contributed by atoms with Gasteiger partial charge in [-0.1, -0.05) is 19.3 Å². The predicted molar refractivity (Wildman–Crippen MR) is 119 cm³/mol. The second kappa shape index (κ2) is 11.4. The molecule has 2 heterocycles. The van der Waals surface area contributed by atoms with Crippen molar-refractivity contribution in [3.63, 3.8) is 0 Å². The van der Waals surface area contributed by atoms with E-state index in [-0.39, 0.29) is 11.5 Å². The van der Waals surface area contributed by atoms with Crippen LogP contribution in [0.2, 0.25) is 0 Å². The smallest absolute Gasteiger partial charge is 0.273 e. The van der Waals surface area contributed by atoms with E-state index in [1.165, 1.54) is 38.4 Å². The number of hydrogen-bond donors (Lipinski definition) is 2. The molecule has 3 rings (SSSR count). The van der Waals surface area contributed by atoms with Crippen molar-refractivity contribution in [1.29, 1.82) is 0 Å². The van der Waals surface area contributed by atoms with Gasteiger partial charge in [-0.25, -0.2) is 4.98 Å². The summed E-state index contributed by atoms with van der Waals surface area (Å²) in [7, 11) is 0. The maximum absolute atomic E-state index is 12.4. The molecule has 0 unspecified atom stereocenters. The molecule has 2 aliphatic rings.